The summed E-state index contributed by atoms with van der Waals surface area (Å²) < 4.78 is 6.66. The van der Waals surface area contributed by atoms with Crippen LogP contribution in [0.3, 0.4) is 0 Å². The summed E-state index contributed by atoms with van der Waals surface area (Å²) >= 11 is 0. The maximum atomic E-state index is 12.2. The molecule has 0 radical (unpaired) electrons. The molecule has 106 valence electrons. The van der Waals surface area contributed by atoms with Crippen molar-refractivity contribution in [2.24, 2.45) is 0 Å². The van der Waals surface area contributed by atoms with E-state index in [-0.39, 0.29) is 5.69 Å². The van der Waals surface area contributed by atoms with Gasteiger partial charge in [0.25, 0.3) is 0 Å². The topological polar surface area (TPSA) is 70.1 Å². The van der Waals surface area contributed by atoms with Crippen LogP contribution in [-0.4, -0.2) is 16.7 Å². The van der Waals surface area contributed by atoms with Gasteiger partial charge in [-0.15, -0.1) is 0 Å². The summed E-state index contributed by atoms with van der Waals surface area (Å²) in [5, 5.41) is 0.778. The fourth-order valence-electron chi connectivity index (χ4n) is 2.31. The third-order valence-corrected chi connectivity index (χ3v) is 3.39. The van der Waals surface area contributed by atoms with Crippen molar-refractivity contribution in [3.8, 4) is 5.75 Å². The number of nitrogens with zero attached hydrogens (tertiary/aromatic N) is 2. The molecule has 0 saturated carbocycles. The van der Waals surface area contributed by atoms with Gasteiger partial charge in [-0.1, -0.05) is 24.3 Å². The number of nitrogens with two attached hydrogens (primary N) is 1. The smallest absolute Gasteiger partial charge is 0.350 e. The molecule has 0 aliphatic heterocycles. The zero-order chi connectivity index (χ0) is 14.8. The highest BCUT2D eigenvalue weighted by molar-refractivity contribution is 5.87. The van der Waals surface area contributed by atoms with Gasteiger partial charge in [0.1, 0.15) is 11.6 Å². The van der Waals surface area contributed by atoms with Crippen molar-refractivity contribution < 1.29 is 4.74 Å². The zero-order valence-electron chi connectivity index (χ0n) is 11.6. The van der Waals surface area contributed by atoms with Crippen molar-refractivity contribution in [3.05, 3.63) is 64.6 Å². The van der Waals surface area contributed by atoms with Crippen LogP contribution in [0.4, 0.5) is 5.82 Å². The fourth-order valence-corrected chi connectivity index (χ4v) is 2.31. The minimum atomic E-state index is -0.353. The van der Waals surface area contributed by atoms with Crippen LogP contribution < -0.4 is 16.2 Å². The quantitative estimate of drug-likeness (QED) is 0.797. The average Bonchev–Trinajstić information content (AvgIpc) is 2.51. The van der Waals surface area contributed by atoms with Gasteiger partial charge in [-0.2, -0.15) is 4.98 Å². The lowest BCUT2D eigenvalue weighted by molar-refractivity contribution is 0.414. The predicted molar refractivity (Wildman–Crippen MR) is 82.5 cm³/mol. The number of hydrogen-bond donors (Lipinski definition) is 1. The number of para-hydroxylation sites is 1. The van der Waals surface area contributed by atoms with Gasteiger partial charge in [0.2, 0.25) is 0 Å². The van der Waals surface area contributed by atoms with Crippen LogP contribution in [0.1, 0.15) is 5.56 Å². The monoisotopic (exact) mass is 281 g/mol. The van der Waals surface area contributed by atoms with Crippen molar-refractivity contribution in [2.45, 2.75) is 6.54 Å². The number of hydrogen-bond acceptors (Lipinski definition) is 4. The van der Waals surface area contributed by atoms with Crippen LogP contribution in [0.2, 0.25) is 0 Å². The Morgan fingerprint density at radius 1 is 1.19 bits per heavy atom. The molecular weight excluding hydrogens is 266 g/mol. The number of nitrogen functional groups attached to an aromatic ring is 1. The second-order valence-corrected chi connectivity index (χ2v) is 4.73. The van der Waals surface area contributed by atoms with Crippen molar-refractivity contribution in [1.82, 2.24) is 9.55 Å². The number of ether oxygens (including phenoxy) is 1. The van der Waals surface area contributed by atoms with E-state index >= 15 is 0 Å². The molecule has 3 rings (SSSR count). The van der Waals surface area contributed by atoms with Gasteiger partial charge in [0, 0.05) is 5.39 Å². The van der Waals surface area contributed by atoms with Crippen molar-refractivity contribution in [3.63, 3.8) is 0 Å². The van der Waals surface area contributed by atoms with E-state index in [0.717, 1.165) is 16.7 Å². The van der Waals surface area contributed by atoms with Gasteiger partial charge in [0.05, 0.1) is 19.2 Å². The second kappa shape index (κ2) is 5.28. The highest BCUT2D eigenvalue weighted by Gasteiger charge is 2.09. The third kappa shape index (κ3) is 2.45. The molecule has 0 atom stereocenters. The number of anilines is 1. The van der Waals surface area contributed by atoms with Gasteiger partial charge in [-0.25, -0.2) is 4.79 Å². The molecule has 0 unspecified atom stereocenters. The Bertz CT molecular complexity index is 856. The normalized spacial score (nSPS) is 10.7. The molecule has 0 fully saturated rings. The van der Waals surface area contributed by atoms with Crippen molar-refractivity contribution in [1.29, 1.82) is 0 Å². The largest absolute Gasteiger partial charge is 0.497 e. The second-order valence-electron chi connectivity index (χ2n) is 4.73. The third-order valence-electron chi connectivity index (χ3n) is 3.39. The van der Waals surface area contributed by atoms with E-state index in [4.69, 9.17) is 10.5 Å². The fraction of sp³-hybridized carbons (Fsp3) is 0.125. The molecule has 1 aromatic heterocycles. The first kappa shape index (κ1) is 13.2. The van der Waals surface area contributed by atoms with Crippen LogP contribution in [-0.2, 0) is 6.54 Å². The molecular formula is C16H15N3O2. The Labute approximate surface area is 121 Å². The lowest BCUT2D eigenvalue weighted by Crippen LogP contribution is -2.26. The molecule has 3 aromatic rings. The van der Waals surface area contributed by atoms with Gasteiger partial charge < -0.3 is 10.5 Å². The Hall–Kier alpha value is -2.82. The van der Waals surface area contributed by atoms with E-state index in [1.165, 1.54) is 4.57 Å². The summed E-state index contributed by atoms with van der Waals surface area (Å²) in [5.41, 5.74) is 7.32. The summed E-state index contributed by atoms with van der Waals surface area (Å²) in [6.45, 7) is 0.361. The highest BCUT2D eigenvalue weighted by atomic mass is 16.5. The molecule has 1 heterocycles. The van der Waals surface area contributed by atoms with Gasteiger partial charge in [0.15, 0.2) is 0 Å². The van der Waals surface area contributed by atoms with Crippen LogP contribution in [0.15, 0.2) is 53.3 Å². The Balaban J connectivity index is 2.10. The summed E-state index contributed by atoms with van der Waals surface area (Å²) in [6, 6.07) is 14.9. The maximum absolute atomic E-state index is 12.2. The van der Waals surface area contributed by atoms with E-state index in [1.54, 1.807) is 13.2 Å². The van der Waals surface area contributed by atoms with E-state index in [9.17, 15) is 4.79 Å². The SMILES string of the molecule is COc1cccc(Cn2c(N)c3ccccc3nc2=O)c1. The number of methoxy groups -OCH3 is 1. The molecule has 5 nitrogen and oxygen atoms in total. The van der Waals surface area contributed by atoms with Crippen LogP contribution in [0.25, 0.3) is 10.9 Å². The summed E-state index contributed by atoms with van der Waals surface area (Å²) in [5.74, 6) is 1.17. The highest BCUT2D eigenvalue weighted by Crippen LogP contribution is 2.19. The standard InChI is InChI=1S/C16H15N3O2/c1-21-12-6-4-5-11(9-12)10-19-15(17)13-7-2-3-8-14(13)18-16(19)20/h2-9H,10,17H2,1H3. The number of fused-ring (bicyclic) bond motifs is 1. The molecule has 0 spiro atoms. The van der Waals surface area contributed by atoms with Gasteiger partial charge >= 0.3 is 5.69 Å². The van der Waals surface area contributed by atoms with E-state index in [2.05, 4.69) is 4.98 Å². The number of rotatable bonds is 3. The first-order chi connectivity index (χ1) is 10.2. The maximum Gasteiger partial charge on any atom is 0.350 e. The molecule has 0 aliphatic rings. The first-order valence-corrected chi connectivity index (χ1v) is 6.57. The van der Waals surface area contributed by atoms with Crippen molar-refractivity contribution in [2.75, 3.05) is 12.8 Å². The Morgan fingerprint density at radius 2 is 2.00 bits per heavy atom. The molecule has 21 heavy (non-hydrogen) atoms. The Morgan fingerprint density at radius 3 is 2.81 bits per heavy atom. The van der Waals surface area contributed by atoms with E-state index in [1.807, 2.05) is 42.5 Å². The van der Waals surface area contributed by atoms with Crippen LogP contribution >= 0.6 is 0 Å². The minimum Gasteiger partial charge on any atom is -0.497 e. The van der Waals surface area contributed by atoms with E-state index < -0.39 is 0 Å². The lowest BCUT2D eigenvalue weighted by atomic mass is 10.2. The molecule has 0 bridgehead atoms. The zero-order valence-corrected chi connectivity index (χ0v) is 11.6. The number of aromatic nitrogens is 2. The Kier molecular flexibility index (Phi) is 3.31. The van der Waals surface area contributed by atoms with Crippen molar-refractivity contribution >= 4 is 16.7 Å². The minimum absolute atomic E-state index is 0.353. The molecule has 0 aliphatic carbocycles. The summed E-state index contributed by atoms with van der Waals surface area (Å²) in [4.78, 5) is 16.2. The summed E-state index contributed by atoms with van der Waals surface area (Å²) in [7, 11) is 1.61. The van der Waals surface area contributed by atoms with Gasteiger partial charge in [-0.05, 0) is 29.8 Å². The predicted octanol–water partition coefficient (Wildman–Crippen LogP) is 2.04. The molecule has 5 heteroatoms. The van der Waals surface area contributed by atoms with Crippen LogP contribution in [0.5, 0.6) is 5.75 Å². The number of benzene rings is 2. The summed E-state index contributed by atoms with van der Waals surface area (Å²) in [6.07, 6.45) is 0. The average molecular weight is 281 g/mol. The molecule has 2 aromatic carbocycles. The lowest BCUT2D eigenvalue weighted by Gasteiger charge is -2.12. The van der Waals surface area contributed by atoms with Crippen LogP contribution in [0, 0.1) is 0 Å². The van der Waals surface area contributed by atoms with Gasteiger partial charge in [-0.3, -0.25) is 4.57 Å². The first-order valence-electron chi connectivity index (χ1n) is 6.57. The molecule has 2 N–H and O–H groups in total. The molecule has 0 amide bonds. The van der Waals surface area contributed by atoms with E-state index in [0.29, 0.717) is 17.9 Å². The molecule has 0 saturated heterocycles.